The summed E-state index contributed by atoms with van der Waals surface area (Å²) in [5.74, 6) is 1.07. The first-order chi connectivity index (χ1) is 15.1. The maximum atomic E-state index is 12.6. The van der Waals surface area contributed by atoms with Crippen molar-refractivity contribution in [2.75, 3.05) is 5.32 Å². The van der Waals surface area contributed by atoms with Gasteiger partial charge in [0.15, 0.2) is 10.3 Å². The second-order valence-corrected chi connectivity index (χ2v) is 9.44. The van der Waals surface area contributed by atoms with Crippen LogP contribution in [-0.2, 0) is 17.6 Å². The summed E-state index contributed by atoms with van der Waals surface area (Å²) in [6.07, 6.45) is 0. The van der Waals surface area contributed by atoms with Crippen LogP contribution in [0.4, 0.5) is 11.4 Å². The number of thioether (sulfide) groups is 2. The SMILES string of the molecule is Cc1cc(C)nc(SCc2nnc(S[C@H](C)C(=O)Nc3ccc([N+](=O)[O-])cc3C)n2C)n1. The summed E-state index contributed by atoms with van der Waals surface area (Å²) in [4.78, 5) is 31.9. The summed E-state index contributed by atoms with van der Waals surface area (Å²) in [6, 6.07) is 6.26. The van der Waals surface area contributed by atoms with E-state index in [0.717, 1.165) is 17.2 Å². The molecule has 1 N–H and O–H groups in total. The van der Waals surface area contributed by atoms with E-state index in [-0.39, 0.29) is 11.6 Å². The first-order valence-electron chi connectivity index (χ1n) is 9.70. The molecule has 0 saturated heterocycles. The van der Waals surface area contributed by atoms with Gasteiger partial charge in [-0.05, 0) is 45.4 Å². The molecule has 168 valence electrons. The number of anilines is 1. The number of carbonyl (C=O) groups excluding carboxylic acids is 1. The number of aryl methyl sites for hydroxylation is 3. The van der Waals surface area contributed by atoms with Crippen molar-refractivity contribution in [3.8, 4) is 0 Å². The quantitative estimate of drug-likeness (QED) is 0.224. The van der Waals surface area contributed by atoms with Gasteiger partial charge in [0.2, 0.25) is 5.91 Å². The van der Waals surface area contributed by atoms with Gasteiger partial charge in [-0.3, -0.25) is 14.9 Å². The molecule has 10 nitrogen and oxygen atoms in total. The fourth-order valence-electron chi connectivity index (χ4n) is 2.81. The highest BCUT2D eigenvalue weighted by Gasteiger charge is 2.20. The van der Waals surface area contributed by atoms with Crippen LogP contribution in [0.15, 0.2) is 34.6 Å². The Morgan fingerprint density at radius 3 is 2.50 bits per heavy atom. The minimum atomic E-state index is -0.465. The van der Waals surface area contributed by atoms with Crippen LogP contribution < -0.4 is 5.32 Å². The average Bonchev–Trinajstić information content (AvgIpc) is 3.06. The summed E-state index contributed by atoms with van der Waals surface area (Å²) >= 11 is 2.77. The lowest BCUT2D eigenvalue weighted by molar-refractivity contribution is -0.384. The zero-order valence-corrected chi connectivity index (χ0v) is 20.0. The number of non-ortho nitro benzene ring substituents is 1. The van der Waals surface area contributed by atoms with Crippen molar-refractivity contribution in [3.63, 3.8) is 0 Å². The van der Waals surface area contributed by atoms with Gasteiger partial charge in [0.05, 0.1) is 15.9 Å². The van der Waals surface area contributed by atoms with E-state index >= 15 is 0 Å². The monoisotopic (exact) mass is 473 g/mol. The number of carbonyl (C=O) groups is 1. The number of benzene rings is 1. The highest BCUT2D eigenvalue weighted by molar-refractivity contribution is 8.00. The minimum absolute atomic E-state index is 0.0152. The lowest BCUT2D eigenvalue weighted by Crippen LogP contribution is -2.23. The zero-order valence-electron chi connectivity index (χ0n) is 18.3. The van der Waals surface area contributed by atoms with Crippen LogP contribution in [0.2, 0.25) is 0 Å². The second-order valence-electron chi connectivity index (χ2n) is 7.19. The van der Waals surface area contributed by atoms with Gasteiger partial charge in [-0.25, -0.2) is 9.97 Å². The minimum Gasteiger partial charge on any atom is -0.325 e. The molecule has 2 heterocycles. The fourth-order valence-corrected chi connectivity index (χ4v) is 4.57. The number of aromatic nitrogens is 5. The van der Waals surface area contributed by atoms with Crippen LogP contribution in [0.1, 0.15) is 29.7 Å². The van der Waals surface area contributed by atoms with Crippen molar-refractivity contribution in [2.24, 2.45) is 7.05 Å². The Labute approximate surface area is 193 Å². The Kier molecular flexibility index (Phi) is 7.46. The lowest BCUT2D eigenvalue weighted by atomic mass is 10.2. The van der Waals surface area contributed by atoms with E-state index in [4.69, 9.17) is 0 Å². The highest BCUT2D eigenvalue weighted by Crippen LogP contribution is 2.26. The molecule has 1 atom stereocenters. The molecule has 0 spiro atoms. The summed E-state index contributed by atoms with van der Waals surface area (Å²) < 4.78 is 1.85. The smallest absolute Gasteiger partial charge is 0.269 e. The van der Waals surface area contributed by atoms with Gasteiger partial charge < -0.3 is 9.88 Å². The largest absolute Gasteiger partial charge is 0.325 e. The molecule has 0 aliphatic rings. The van der Waals surface area contributed by atoms with E-state index in [1.54, 1.807) is 13.8 Å². The van der Waals surface area contributed by atoms with Gasteiger partial charge in [-0.15, -0.1) is 10.2 Å². The Morgan fingerprint density at radius 1 is 1.19 bits per heavy atom. The van der Waals surface area contributed by atoms with Crippen molar-refractivity contribution in [3.05, 3.63) is 57.2 Å². The van der Waals surface area contributed by atoms with Crippen molar-refractivity contribution >= 4 is 40.8 Å². The van der Waals surface area contributed by atoms with Crippen molar-refractivity contribution in [2.45, 2.75) is 49.0 Å². The standard InChI is InChI=1S/C20H23N7O3S2/c1-11-8-15(27(29)30)6-7-16(11)23-18(28)14(4)32-20-25-24-17(26(20)5)10-31-19-21-12(2)9-13(3)22-19/h6-9,14H,10H2,1-5H3,(H,23,28)/t14-/m1/s1. The van der Waals surface area contributed by atoms with Gasteiger partial charge in [-0.1, -0.05) is 23.5 Å². The number of nitro groups is 1. The van der Waals surface area contributed by atoms with Crippen LogP contribution in [-0.4, -0.2) is 40.8 Å². The van der Waals surface area contributed by atoms with Crippen molar-refractivity contribution < 1.29 is 9.72 Å². The van der Waals surface area contributed by atoms with E-state index in [2.05, 4.69) is 25.5 Å². The van der Waals surface area contributed by atoms with Gasteiger partial charge >= 0.3 is 0 Å². The van der Waals surface area contributed by atoms with Crippen LogP contribution in [0.5, 0.6) is 0 Å². The van der Waals surface area contributed by atoms with E-state index < -0.39 is 10.2 Å². The van der Waals surface area contributed by atoms with Crippen LogP contribution >= 0.6 is 23.5 Å². The summed E-state index contributed by atoms with van der Waals surface area (Å²) in [5, 5.41) is 23.0. The number of nitrogens with one attached hydrogen (secondary N) is 1. The number of nitro benzene ring substituents is 1. The molecule has 1 aromatic carbocycles. The molecule has 3 aromatic rings. The Morgan fingerprint density at radius 2 is 1.88 bits per heavy atom. The number of hydrogen-bond acceptors (Lipinski definition) is 9. The fraction of sp³-hybridized carbons (Fsp3) is 0.350. The molecule has 0 aliphatic carbocycles. The molecule has 1 amide bonds. The number of rotatable bonds is 8. The first kappa shape index (κ1) is 23.7. The molecule has 3 rings (SSSR count). The topological polar surface area (TPSA) is 129 Å². The first-order valence-corrected chi connectivity index (χ1v) is 11.6. The normalized spacial score (nSPS) is 11.9. The zero-order chi connectivity index (χ0) is 23.4. The molecular weight excluding hydrogens is 450 g/mol. The Bertz CT molecular complexity index is 1150. The number of hydrogen-bond donors (Lipinski definition) is 1. The molecule has 0 aliphatic heterocycles. The van der Waals surface area contributed by atoms with E-state index in [0.29, 0.717) is 27.3 Å². The maximum Gasteiger partial charge on any atom is 0.269 e. The molecule has 2 aromatic heterocycles. The highest BCUT2D eigenvalue weighted by atomic mass is 32.2. The summed E-state index contributed by atoms with van der Waals surface area (Å²) in [7, 11) is 1.85. The molecule has 0 unspecified atom stereocenters. The third-order valence-electron chi connectivity index (χ3n) is 4.55. The van der Waals surface area contributed by atoms with Gasteiger partial charge in [-0.2, -0.15) is 0 Å². The second kappa shape index (κ2) is 10.1. The number of amides is 1. The Balaban J connectivity index is 1.61. The van der Waals surface area contributed by atoms with Crippen molar-refractivity contribution in [1.82, 2.24) is 24.7 Å². The predicted molar refractivity (Wildman–Crippen MR) is 124 cm³/mol. The lowest BCUT2D eigenvalue weighted by Gasteiger charge is -2.13. The van der Waals surface area contributed by atoms with Crippen molar-refractivity contribution in [1.29, 1.82) is 0 Å². The van der Waals surface area contributed by atoms with E-state index in [9.17, 15) is 14.9 Å². The van der Waals surface area contributed by atoms with Gasteiger partial charge in [0.1, 0.15) is 5.82 Å². The molecule has 32 heavy (non-hydrogen) atoms. The van der Waals surface area contributed by atoms with Crippen LogP contribution in [0.25, 0.3) is 0 Å². The van der Waals surface area contributed by atoms with Crippen LogP contribution in [0.3, 0.4) is 0 Å². The molecule has 0 radical (unpaired) electrons. The van der Waals surface area contributed by atoms with Gasteiger partial charge in [0.25, 0.3) is 5.69 Å². The molecule has 0 bridgehead atoms. The third-order valence-corrected chi connectivity index (χ3v) is 6.52. The molecule has 0 fully saturated rings. The van der Waals surface area contributed by atoms with E-state index in [1.807, 2.05) is 31.5 Å². The summed E-state index contributed by atoms with van der Waals surface area (Å²) in [6.45, 7) is 7.35. The Hall–Kier alpha value is -2.99. The average molecular weight is 474 g/mol. The van der Waals surface area contributed by atoms with Gasteiger partial charge in [0, 0.05) is 36.3 Å². The molecular formula is C20H23N7O3S2. The predicted octanol–water partition coefficient (Wildman–Crippen LogP) is 3.85. The number of nitrogens with zero attached hydrogens (tertiary/aromatic N) is 6. The molecule has 0 saturated carbocycles. The van der Waals surface area contributed by atoms with E-state index in [1.165, 1.54) is 41.7 Å². The molecule has 12 heteroatoms. The third kappa shape index (κ3) is 5.82. The van der Waals surface area contributed by atoms with Crippen LogP contribution in [0, 0.1) is 30.9 Å². The maximum absolute atomic E-state index is 12.6. The summed E-state index contributed by atoms with van der Waals surface area (Å²) in [5.41, 5.74) is 2.97.